The van der Waals surface area contributed by atoms with Crippen molar-refractivity contribution < 1.29 is 10.6 Å². The number of hydrogen-bond acceptors (Lipinski definition) is 2. The summed E-state index contributed by atoms with van der Waals surface area (Å²) >= 11 is 6.47. The van der Waals surface area contributed by atoms with E-state index in [1.165, 1.54) is 16.7 Å². The number of rotatable bonds is 9. The summed E-state index contributed by atoms with van der Waals surface area (Å²) in [5.74, 6) is 0.404. The Hall–Kier alpha value is -2.17. The van der Waals surface area contributed by atoms with Crippen LogP contribution in [0.3, 0.4) is 0 Å². The third-order valence-corrected chi connectivity index (χ3v) is 5.21. The van der Waals surface area contributed by atoms with E-state index in [0.717, 1.165) is 30.0 Å². The van der Waals surface area contributed by atoms with Crippen LogP contribution in [0.5, 0.6) is 0 Å². The first-order chi connectivity index (χ1) is 13.3. The molecule has 28 heavy (non-hydrogen) atoms. The summed E-state index contributed by atoms with van der Waals surface area (Å²) in [6.45, 7) is 1.69. The highest BCUT2D eigenvalue weighted by Gasteiger charge is 2.15. The number of hydrogen-bond donors (Lipinski definition) is 2. The molecular formula is C24H28ClNO2. The predicted octanol–water partition coefficient (Wildman–Crippen LogP) is 4.48. The van der Waals surface area contributed by atoms with Crippen molar-refractivity contribution in [3.8, 4) is 11.1 Å². The van der Waals surface area contributed by atoms with Crippen molar-refractivity contribution in [1.82, 2.24) is 5.32 Å². The van der Waals surface area contributed by atoms with Crippen molar-refractivity contribution in [2.75, 3.05) is 19.7 Å². The molecule has 4 heteroatoms. The fraction of sp³-hybridized carbons (Fsp3) is 0.250. The van der Waals surface area contributed by atoms with Gasteiger partial charge in [-0.25, -0.2) is 0 Å². The maximum absolute atomic E-state index is 9.00. The van der Waals surface area contributed by atoms with E-state index in [9.17, 15) is 0 Å². The predicted molar refractivity (Wildman–Crippen MR) is 118 cm³/mol. The molecule has 4 N–H and O–H groups in total. The van der Waals surface area contributed by atoms with Crippen molar-refractivity contribution in [3.05, 3.63) is 95.0 Å². The summed E-state index contributed by atoms with van der Waals surface area (Å²) in [6, 6.07) is 27.2. The van der Waals surface area contributed by atoms with Gasteiger partial charge in [0.15, 0.2) is 0 Å². The van der Waals surface area contributed by atoms with Gasteiger partial charge < -0.3 is 15.9 Å². The molecule has 3 nitrogen and oxygen atoms in total. The Bertz CT molecular complexity index is 839. The average Bonchev–Trinajstić information content (AvgIpc) is 2.72. The van der Waals surface area contributed by atoms with Gasteiger partial charge in [-0.1, -0.05) is 84.4 Å². The lowest BCUT2D eigenvalue weighted by Crippen LogP contribution is -2.21. The van der Waals surface area contributed by atoms with Gasteiger partial charge in [-0.2, -0.15) is 0 Å². The van der Waals surface area contributed by atoms with E-state index >= 15 is 0 Å². The van der Waals surface area contributed by atoms with Gasteiger partial charge in [0.05, 0.1) is 6.61 Å². The standard InChI is InChI=1S/C24H26ClNO.H2O/c25-24-13-7-6-12-23(24)22-11-5-4-10-21(22)18-20(14-15-26-16-17-27)19-8-2-1-3-9-19;/h1-13,20,26-27H,14-18H2;1H2/t20-;/m0./s1. The third kappa shape index (κ3) is 5.91. The van der Waals surface area contributed by atoms with Gasteiger partial charge in [0.1, 0.15) is 0 Å². The minimum atomic E-state index is 0. The molecule has 0 radical (unpaired) electrons. The lowest BCUT2D eigenvalue weighted by molar-refractivity contribution is 0.291. The molecule has 1 atom stereocenters. The molecule has 0 bridgehead atoms. The summed E-state index contributed by atoms with van der Waals surface area (Å²) in [6.07, 6.45) is 1.97. The van der Waals surface area contributed by atoms with Crippen molar-refractivity contribution in [3.63, 3.8) is 0 Å². The Morgan fingerprint density at radius 1 is 0.786 bits per heavy atom. The van der Waals surface area contributed by atoms with E-state index in [-0.39, 0.29) is 12.1 Å². The number of nitrogens with one attached hydrogen (secondary N) is 1. The van der Waals surface area contributed by atoms with Crippen LogP contribution < -0.4 is 5.32 Å². The molecule has 0 aliphatic heterocycles. The molecule has 0 aromatic heterocycles. The van der Waals surface area contributed by atoms with Gasteiger partial charge >= 0.3 is 0 Å². The van der Waals surface area contributed by atoms with E-state index in [0.29, 0.717) is 12.5 Å². The zero-order valence-electron chi connectivity index (χ0n) is 15.9. The van der Waals surface area contributed by atoms with Gasteiger partial charge in [0.2, 0.25) is 0 Å². The summed E-state index contributed by atoms with van der Waals surface area (Å²) in [5.41, 5.74) is 4.94. The molecule has 148 valence electrons. The number of benzene rings is 3. The monoisotopic (exact) mass is 397 g/mol. The molecule has 0 heterocycles. The molecule has 0 fully saturated rings. The van der Waals surface area contributed by atoms with Crippen LogP contribution in [0.25, 0.3) is 11.1 Å². The molecular weight excluding hydrogens is 370 g/mol. The van der Waals surface area contributed by atoms with Crippen LogP contribution in [0, 0.1) is 0 Å². The van der Waals surface area contributed by atoms with Crippen molar-refractivity contribution >= 4 is 11.6 Å². The molecule has 3 rings (SSSR count). The zero-order chi connectivity index (χ0) is 18.9. The highest BCUT2D eigenvalue weighted by Crippen LogP contribution is 2.33. The molecule has 0 saturated heterocycles. The molecule has 3 aromatic rings. The molecule has 0 spiro atoms. The second-order valence-electron chi connectivity index (χ2n) is 6.71. The van der Waals surface area contributed by atoms with E-state index < -0.39 is 0 Å². The SMILES string of the molecule is O.OCCNCC[C@@H](Cc1ccccc1-c1ccccc1Cl)c1ccccc1. The zero-order valence-corrected chi connectivity index (χ0v) is 16.7. The summed E-state index contributed by atoms with van der Waals surface area (Å²) in [7, 11) is 0. The largest absolute Gasteiger partial charge is 0.412 e. The van der Waals surface area contributed by atoms with Crippen LogP contribution in [0.2, 0.25) is 5.02 Å². The Balaban J connectivity index is 0.00000280. The van der Waals surface area contributed by atoms with Crippen LogP contribution in [0.15, 0.2) is 78.9 Å². The van der Waals surface area contributed by atoms with Gasteiger partial charge in [-0.15, -0.1) is 0 Å². The molecule has 0 aliphatic carbocycles. The third-order valence-electron chi connectivity index (χ3n) is 4.88. The summed E-state index contributed by atoms with van der Waals surface area (Å²) in [5, 5.41) is 13.1. The van der Waals surface area contributed by atoms with Crippen LogP contribution in [-0.4, -0.2) is 30.3 Å². The van der Waals surface area contributed by atoms with E-state index in [1.807, 2.05) is 18.2 Å². The molecule has 0 saturated carbocycles. The Morgan fingerprint density at radius 2 is 1.43 bits per heavy atom. The lowest BCUT2D eigenvalue weighted by atomic mass is 9.86. The fourth-order valence-electron chi connectivity index (χ4n) is 3.50. The van der Waals surface area contributed by atoms with Gasteiger partial charge in [-0.3, -0.25) is 0 Å². The normalized spacial score (nSPS) is 11.6. The second-order valence-corrected chi connectivity index (χ2v) is 7.12. The summed E-state index contributed by atoms with van der Waals surface area (Å²) < 4.78 is 0. The minimum Gasteiger partial charge on any atom is -0.412 e. The average molecular weight is 398 g/mol. The van der Waals surface area contributed by atoms with Crippen LogP contribution in [-0.2, 0) is 6.42 Å². The Kier molecular flexibility index (Phi) is 9.18. The van der Waals surface area contributed by atoms with Crippen molar-refractivity contribution in [2.45, 2.75) is 18.8 Å². The van der Waals surface area contributed by atoms with Crippen LogP contribution in [0.1, 0.15) is 23.5 Å². The molecule has 0 aliphatic rings. The maximum atomic E-state index is 9.00. The van der Waals surface area contributed by atoms with Gasteiger partial charge in [0.25, 0.3) is 0 Å². The van der Waals surface area contributed by atoms with E-state index in [4.69, 9.17) is 16.7 Å². The first-order valence-corrected chi connectivity index (χ1v) is 9.86. The topological polar surface area (TPSA) is 63.8 Å². The number of aliphatic hydroxyl groups excluding tert-OH is 1. The van der Waals surface area contributed by atoms with Crippen molar-refractivity contribution in [1.29, 1.82) is 0 Å². The van der Waals surface area contributed by atoms with E-state index in [1.54, 1.807) is 0 Å². The first kappa shape index (κ1) is 22.1. The lowest BCUT2D eigenvalue weighted by Gasteiger charge is -2.20. The first-order valence-electron chi connectivity index (χ1n) is 9.49. The minimum absolute atomic E-state index is 0. The van der Waals surface area contributed by atoms with Crippen LogP contribution >= 0.6 is 11.6 Å². The molecule has 0 unspecified atom stereocenters. The smallest absolute Gasteiger partial charge is 0.0555 e. The Morgan fingerprint density at radius 3 is 2.14 bits per heavy atom. The number of aliphatic hydroxyl groups is 1. The quantitative estimate of drug-likeness (QED) is 0.523. The highest BCUT2D eigenvalue weighted by molar-refractivity contribution is 6.33. The molecule has 3 aromatic carbocycles. The Labute approximate surface area is 172 Å². The van der Waals surface area contributed by atoms with Crippen molar-refractivity contribution in [2.24, 2.45) is 0 Å². The number of halogens is 1. The maximum Gasteiger partial charge on any atom is 0.0555 e. The van der Waals surface area contributed by atoms with E-state index in [2.05, 4.69) is 66.0 Å². The van der Waals surface area contributed by atoms with Crippen LogP contribution in [0.4, 0.5) is 0 Å². The second kappa shape index (κ2) is 11.6. The van der Waals surface area contributed by atoms with Gasteiger partial charge in [0, 0.05) is 17.1 Å². The van der Waals surface area contributed by atoms with Gasteiger partial charge in [-0.05, 0) is 48.1 Å². The summed E-state index contributed by atoms with van der Waals surface area (Å²) in [4.78, 5) is 0. The fourth-order valence-corrected chi connectivity index (χ4v) is 3.74. The highest BCUT2D eigenvalue weighted by atomic mass is 35.5. The molecule has 0 amide bonds.